The predicted octanol–water partition coefficient (Wildman–Crippen LogP) is 4.78. The number of halogens is 2. The molecular formula is C47H53Cl2Zr. The molecule has 4 aromatic rings. The summed E-state index contributed by atoms with van der Waals surface area (Å²) >= 11 is 0. The van der Waals surface area contributed by atoms with Gasteiger partial charge < -0.3 is 24.8 Å². The summed E-state index contributed by atoms with van der Waals surface area (Å²) in [5.41, 5.74) is 13.3. The van der Waals surface area contributed by atoms with Crippen molar-refractivity contribution in [3.63, 3.8) is 0 Å². The second-order valence-electron chi connectivity index (χ2n) is 17.8. The van der Waals surface area contributed by atoms with E-state index in [0.717, 1.165) is 6.42 Å². The average Bonchev–Trinajstić information content (AvgIpc) is 3.63. The fourth-order valence-corrected chi connectivity index (χ4v) is 7.04. The molecule has 6 rings (SSSR count). The van der Waals surface area contributed by atoms with Gasteiger partial charge in [-0.3, -0.25) is 0 Å². The van der Waals surface area contributed by atoms with Crippen LogP contribution in [0.3, 0.4) is 0 Å². The van der Waals surface area contributed by atoms with Crippen molar-refractivity contribution in [2.45, 2.75) is 111 Å². The van der Waals surface area contributed by atoms with Crippen molar-refractivity contribution in [1.29, 1.82) is 0 Å². The van der Waals surface area contributed by atoms with Crippen LogP contribution in [0.5, 0.6) is 0 Å². The molecule has 259 valence electrons. The molecule has 2 aliphatic carbocycles. The van der Waals surface area contributed by atoms with E-state index in [4.69, 9.17) is 0 Å². The monoisotopic (exact) mass is 777 g/mol. The Morgan fingerprint density at radius 1 is 0.560 bits per heavy atom. The van der Waals surface area contributed by atoms with Gasteiger partial charge in [-0.2, -0.15) is 0 Å². The maximum atomic E-state index is 3.96. The van der Waals surface area contributed by atoms with Gasteiger partial charge in [0.05, 0.1) is 0 Å². The number of hydrogen-bond donors (Lipinski definition) is 0. The summed E-state index contributed by atoms with van der Waals surface area (Å²) in [5, 5.41) is 5.16. The zero-order valence-corrected chi connectivity index (χ0v) is 36.1. The second-order valence-corrected chi connectivity index (χ2v) is 17.8. The van der Waals surface area contributed by atoms with Crippen molar-refractivity contribution in [3.8, 4) is 0 Å². The minimum atomic E-state index is -0.0992. The smallest absolute Gasteiger partial charge is 1.00 e. The van der Waals surface area contributed by atoms with Crippen molar-refractivity contribution in [3.05, 3.63) is 156 Å². The van der Waals surface area contributed by atoms with Crippen LogP contribution in [0.2, 0.25) is 0 Å². The second kappa shape index (κ2) is 14.9. The molecular weight excluding hydrogens is 727 g/mol. The van der Waals surface area contributed by atoms with Crippen LogP contribution in [-0.2, 0) is 47.9 Å². The number of rotatable bonds is 3. The van der Waals surface area contributed by atoms with E-state index >= 15 is 0 Å². The van der Waals surface area contributed by atoms with E-state index in [1.54, 1.807) is 0 Å². The summed E-state index contributed by atoms with van der Waals surface area (Å²) in [6.45, 7) is 27.8. The van der Waals surface area contributed by atoms with Crippen LogP contribution in [0.15, 0.2) is 91.0 Å². The van der Waals surface area contributed by atoms with Crippen molar-refractivity contribution in [1.82, 2.24) is 0 Å². The van der Waals surface area contributed by atoms with Crippen LogP contribution in [0.1, 0.15) is 134 Å². The normalized spacial score (nSPS) is 13.6. The number of benzene rings is 4. The van der Waals surface area contributed by atoms with Crippen LogP contribution in [-0.4, -0.2) is 0 Å². The number of hydrogen-bond acceptors (Lipinski definition) is 0. The molecule has 0 fully saturated rings. The van der Waals surface area contributed by atoms with Crippen molar-refractivity contribution in [2.24, 2.45) is 0 Å². The maximum Gasteiger partial charge on any atom is 3.00 e. The Balaban J connectivity index is 0.00000225. The van der Waals surface area contributed by atoms with Gasteiger partial charge in [-0.05, 0) is 66.7 Å². The van der Waals surface area contributed by atoms with Gasteiger partial charge in [0.25, 0.3) is 0 Å². The zero-order chi connectivity index (χ0) is 34.1. The van der Waals surface area contributed by atoms with Crippen LogP contribution >= 0.6 is 0 Å². The van der Waals surface area contributed by atoms with Crippen molar-refractivity contribution in [2.75, 3.05) is 0 Å². The largest absolute Gasteiger partial charge is 3.00 e. The first-order valence-corrected chi connectivity index (χ1v) is 17.4. The molecule has 0 N–H and O–H groups in total. The molecule has 0 saturated carbocycles. The molecule has 0 amide bonds. The predicted molar refractivity (Wildman–Crippen MR) is 203 cm³/mol. The van der Waals surface area contributed by atoms with E-state index < -0.39 is 0 Å². The van der Waals surface area contributed by atoms with Crippen molar-refractivity contribution < 1.29 is 51.0 Å². The minimum absolute atomic E-state index is 0. The Labute approximate surface area is 333 Å². The summed E-state index contributed by atoms with van der Waals surface area (Å²) < 4.78 is 0. The Hall–Kier alpha value is -2.44. The Bertz CT molecular complexity index is 2090. The molecule has 0 bridgehead atoms. The number of allylic oxidation sites excluding steroid dienone is 4. The minimum Gasteiger partial charge on any atom is -1.00 e. The van der Waals surface area contributed by atoms with Gasteiger partial charge in [-0.25, -0.2) is 0 Å². The quantitative estimate of drug-likeness (QED) is 0.232. The van der Waals surface area contributed by atoms with Crippen molar-refractivity contribution >= 4 is 17.2 Å². The van der Waals surface area contributed by atoms with E-state index in [1.807, 2.05) is 0 Å². The fourth-order valence-electron chi connectivity index (χ4n) is 7.04. The first-order chi connectivity index (χ1) is 21.8. The van der Waals surface area contributed by atoms with E-state index in [1.165, 1.54) is 76.5 Å². The summed E-state index contributed by atoms with van der Waals surface area (Å²) in [5.74, 6) is 0. The van der Waals surface area contributed by atoms with Crippen LogP contribution in [0.25, 0.3) is 17.2 Å². The third-order valence-corrected chi connectivity index (χ3v) is 9.99. The van der Waals surface area contributed by atoms with Gasteiger partial charge in [-0.15, -0.1) is 33.4 Å². The van der Waals surface area contributed by atoms with Gasteiger partial charge in [0, 0.05) is 0 Å². The summed E-state index contributed by atoms with van der Waals surface area (Å²) in [6, 6.07) is 28.3. The summed E-state index contributed by atoms with van der Waals surface area (Å²) in [6.07, 6.45) is 11.7. The van der Waals surface area contributed by atoms with E-state index in [9.17, 15) is 0 Å². The third kappa shape index (κ3) is 8.12. The first-order valence-electron chi connectivity index (χ1n) is 17.4. The molecule has 2 aliphatic rings. The molecule has 0 unspecified atom stereocenters. The summed E-state index contributed by atoms with van der Waals surface area (Å²) in [7, 11) is 0. The molecule has 0 heterocycles. The topological polar surface area (TPSA) is 0 Å². The Morgan fingerprint density at radius 2 is 1.04 bits per heavy atom. The van der Waals surface area contributed by atoms with E-state index in [-0.39, 0.29) is 72.7 Å². The van der Waals surface area contributed by atoms with Gasteiger partial charge in [0.2, 0.25) is 0 Å². The van der Waals surface area contributed by atoms with E-state index in [0.29, 0.717) is 0 Å². The molecule has 0 aromatic heterocycles. The van der Waals surface area contributed by atoms with Gasteiger partial charge >= 0.3 is 26.2 Å². The molecule has 4 aromatic carbocycles. The van der Waals surface area contributed by atoms with Crippen LogP contribution < -0.4 is 35.3 Å². The standard InChI is InChI=1S/C47H53.2ClH.Zr/c1-44(2,3)34-22-17-31(18-23-34)41(32-19-24-35(25-20-32)45(4,5)6)43-40(47(10,11)12)29-38-37-28-36(46(7,8)9)26-21-33(37)27-39(38)42(43)30-15-13-14-16-30;;;/h13-15,17-26,28-29H,16H2,1-12H3;2*1H;/q-1;;;+3/p-2. The molecule has 0 spiro atoms. The fraction of sp³-hybridized carbons (Fsp3) is 0.362. The first kappa shape index (κ1) is 42.0. The van der Waals surface area contributed by atoms with Crippen LogP contribution in [0, 0.1) is 10.4 Å². The molecule has 1 radical (unpaired) electrons. The van der Waals surface area contributed by atoms with Gasteiger partial charge in [-0.1, -0.05) is 185 Å². The maximum absolute atomic E-state index is 3.96. The molecule has 0 nitrogen and oxygen atoms in total. The molecule has 0 aliphatic heterocycles. The molecule has 0 atom stereocenters. The van der Waals surface area contributed by atoms with E-state index in [2.05, 4.69) is 180 Å². The third-order valence-electron chi connectivity index (χ3n) is 9.99. The SMILES string of the molecule is CC(C)(C)c1ccc(C(c2ccc(C(C)(C)C)cc2)=c2c(C(C)(C)C)cc3c(c2C2=CC=CC2)[C-]=c2ccc(C(C)(C)C)cc2=3)cc1.[Cl-].[Cl-].[Zr+3]. The Morgan fingerprint density at radius 3 is 1.46 bits per heavy atom. The van der Waals surface area contributed by atoms with Gasteiger partial charge in [0.15, 0.2) is 0 Å². The Kier molecular flexibility index (Phi) is 12.5. The molecule has 50 heavy (non-hydrogen) atoms. The average molecular weight is 780 g/mol. The summed E-state index contributed by atoms with van der Waals surface area (Å²) in [4.78, 5) is 0. The molecule has 0 saturated heterocycles. The zero-order valence-electron chi connectivity index (χ0n) is 32.1. The molecule has 3 heteroatoms. The number of fused-ring (bicyclic) bond motifs is 2. The van der Waals surface area contributed by atoms with Crippen LogP contribution in [0.4, 0.5) is 0 Å². The van der Waals surface area contributed by atoms with Gasteiger partial charge in [0.1, 0.15) is 0 Å².